The molecule has 0 bridgehead atoms. The molecule has 0 N–H and O–H groups in total. The van der Waals surface area contributed by atoms with Crippen LogP contribution in [0.1, 0.15) is 19.8 Å². The van der Waals surface area contributed by atoms with E-state index < -0.39 is 0 Å². The second-order valence-corrected chi connectivity index (χ2v) is 3.30. The molecular weight excluding hydrogens is 176 g/mol. The fourth-order valence-corrected chi connectivity index (χ4v) is 1.29. The van der Waals surface area contributed by atoms with Gasteiger partial charge in [0.25, 0.3) is 0 Å². The molecule has 0 saturated heterocycles. The average molecular weight is 190 g/mol. The van der Waals surface area contributed by atoms with Crippen molar-refractivity contribution in [3.63, 3.8) is 0 Å². The van der Waals surface area contributed by atoms with Crippen molar-refractivity contribution in [1.82, 2.24) is 0 Å². The quantitative estimate of drug-likeness (QED) is 0.344. The minimum Gasteiger partial charge on any atom is -0.466 e. The third-order valence-electron chi connectivity index (χ3n) is 1.16. The number of carbonyl (C=O) groups excluding carboxylic acids is 2. The van der Waals surface area contributed by atoms with Crippen LogP contribution in [-0.4, -0.2) is 30.4 Å². The molecule has 0 aliphatic heterocycles. The van der Waals surface area contributed by atoms with Crippen molar-refractivity contribution in [1.29, 1.82) is 0 Å². The summed E-state index contributed by atoms with van der Waals surface area (Å²) in [5, 5.41) is 0. The normalized spacial score (nSPS) is 9.42. The minimum absolute atomic E-state index is 0.149. The fraction of sp³-hybridized carbons (Fsp3) is 0.750. The van der Waals surface area contributed by atoms with Crippen molar-refractivity contribution in [3.05, 3.63) is 0 Å². The number of hydrogen-bond donors (Lipinski definition) is 0. The third-order valence-corrected chi connectivity index (χ3v) is 2.11. The van der Waals surface area contributed by atoms with Crippen LogP contribution in [0.15, 0.2) is 0 Å². The van der Waals surface area contributed by atoms with Crippen LogP contribution in [0.25, 0.3) is 0 Å². The van der Waals surface area contributed by atoms with Gasteiger partial charge in [-0.2, -0.15) is 11.8 Å². The van der Waals surface area contributed by atoms with E-state index in [1.165, 1.54) is 11.8 Å². The highest BCUT2D eigenvalue weighted by molar-refractivity contribution is 7.99. The Morgan fingerprint density at radius 3 is 2.92 bits per heavy atom. The van der Waals surface area contributed by atoms with E-state index in [0.717, 1.165) is 18.5 Å². The van der Waals surface area contributed by atoms with Crippen LogP contribution < -0.4 is 0 Å². The summed E-state index contributed by atoms with van der Waals surface area (Å²) >= 11 is 1.54. The van der Waals surface area contributed by atoms with E-state index in [9.17, 15) is 9.59 Å². The lowest BCUT2D eigenvalue weighted by Crippen LogP contribution is -2.03. The number of rotatable bonds is 7. The van der Waals surface area contributed by atoms with E-state index in [0.29, 0.717) is 18.8 Å². The molecule has 0 aliphatic carbocycles. The average Bonchev–Trinajstić information content (AvgIpc) is 2.05. The van der Waals surface area contributed by atoms with Gasteiger partial charge in [0.05, 0.1) is 6.61 Å². The maximum Gasteiger partial charge on any atom is 0.305 e. The molecule has 0 fully saturated rings. The standard InChI is InChI=1S/C8H14O3S/c1-2-11-8(10)4-3-6-12-7-5-9/h5H,2-4,6-7H2,1H3. The molecule has 0 heterocycles. The van der Waals surface area contributed by atoms with Crippen molar-refractivity contribution < 1.29 is 14.3 Å². The molecule has 0 unspecified atom stereocenters. The summed E-state index contributed by atoms with van der Waals surface area (Å²) in [6.07, 6.45) is 2.12. The number of ether oxygens (including phenoxy) is 1. The Balaban J connectivity index is 3.08. The molecule has 0 rings (SSSR count). The van der Waals surface area contributed by atoms with Gasteiger partial charge in [0, 0.05) is 12.2 Å². The Kier molecular flexibility index (Phi) is 8.22. The predicted octanol–water partition coefficient (Wildman–Crippen LogP) is 1.26. The Labute approximate surface area is 76.9 Å². The first-order valence-corrected chi connectivity index (χ1v) is 5.13. The Bertz CT molecular complexity index is 136. The number of carbonyl (C=O) groups is 2. The van der Waals surface area contributed by atoms with E-state index in [1.807, 2.05) is 0 Å². The van der Waals surface area contributed by atoms with Crippen molar-refractivity contribution in [2.75, 3.05) is 18.1 Å². The van der Waals surface area contributed by atoms with Crippen molar-refractivity contribution in [2.24, 2.45) is 0 Å². The summed E-state index contributed by atoms with van der Waals surface area (Å²) in [5.41, 5.74) is 0. The predicted molar refractivity (Wildman–Crippen MR) is 49.3 cm³/mol. The smallest absolute Gasteiger partial charge is 0.305 e. The molecule has 0 aliphatic rings. The summed E-state index contributed by atoms with van der Waals surface area (Å²) in [6, 6.07) is 0. The first-order valence-electron chi connectivity index (χ1n) is 3.98. The van der Waals surface area contributed by atoms with Gasteiger partial charge in [-0.1, -0.05) is 0 Å². The number of thioether (sulfide) groups is 1. The maximum absolute atomic E-state index is 10.8. The number of hydrogen-bond acceptors (Lipinski definition) is 4. The molecule has 4 heteroatoms. The zero-order chi connectivity index (χ0) is 9.23. The monoisotopic (exact) mass is 190 g/mol. The topological polar surface area (TPSA) is 43.4 Å². The van der Waals surface area contributed by atoms with Gasteiger partial charge < -0.3 is 9.53 Å². The number of esters is 1. The molecule has 12 heavy (non-hydrogen) atoms. The lowest BCUT2D eigenvalue weighted by atomic mass is 10.3. The maximum atomic E-state index is 10.8. The minimum atomic E-state index is -0.149. The van der Waals surface area contributed by atoms with Crippen LogP contribution in [0, 0.1) is 0 Å². The van der Waals surface area contributed by atoms with Crippen LogP contribution in [0.5, 0.6) is 0 Å². The van der Waals surface area contributed by atoms with Gasteiger partial charge >= 0.3 is 5.97 Å². The lowest BCUT2D eigenvalue weighted by Gasteiger charge is -1.99. The van der Waals surface area contributed by atoms with E-state index in [-0.39, 0.29) is 5.97 Å². The summed E-state index contributed by atoms with van der Waals surface area (Å²) in [6.45, 7) is 2.24. The Morgan fingerprint density at radius 1 is 1.58 bits per heavy atom. The molecule has 70 valence electrons. The van der Waals surface area contributed by atoms with E-state index in [1.54, 1.807) is 6.92 Å². The van der Waals surface area contributed by atoms with Crippen LogP contribution in [0.4, 0.5) is 0 Å². The molecule has 0 saturated carbocycles. The molecule has 0 spiro atoms. The summed E-state index contributed by atoms with van der Waals surface area (Å²) in [4.78, 5) is 20.7. The number of aldehydes is 1. The molecule has 0 aromatic heterocycles. The molecule has 0 aromatic carbocycles. The molecule has 0 radical (unpaired) electrons. The molecule has 0 atom stereocenters. The van der Waals surface area contributed by atoms with E-state index in [2.05, 4.69) is 0 Å². The zero-order valence-electron chi connectivity index (χ0n) is 7.25. The fourth-order valence-electron chi connectivity index (χ4n) is 0.683. The van der Waals surface area contributed by atoms with Gasteiger partial charge in [0.15, 0.2) is 0 Å². The Hall–Kier alpha value is -0.510. The van der Waals surface area contributed by atoms with Crippen LogP contribution in [-0.2, 0) is 14.3 Å². The highest BCUT2D eigenvalue weighted by atomic mass is 32.2. The van der Waals surface area contributed by atoms with Gasteiger partial charge in [0.1, 0.15) is 6.29 Å². The highest BCUT2D eigenvalue weighted by Gasteiger charge is 1.99. The molecule has 0 amide bonds. The second kappa shape index (κ2) is 8.59. The summed E-state index contributed by atoms with van der Waals surface area (Å²) < 4.78 is 4.73. The van der Waals surface area contributed by atoms with Gasteiger partial charge in [-0.3, -0.25) is 4.79 Å². The van der Waals surface area contributed by atoms with Gasteiger partial charge in [0.2, 0.25) is 0 Å². The van der Waals surface area contributed by atoms with Crippen LogP contribution >= 0.6 is 11.8 Å². The van der Waals surface area contributed by atoms with Crippen molar-refractivity contribution >= 4 is 24.0 Å². The summed E-state index contributed by atoms with van der Waals surface area (Å²) in [5.74, 6) is 1.21. The van der Waals surface area contributed by atoms with Crippen molar-refractivity contribution in [2.45, 2.75) is 19.8 Å². The zero-order valence-corrected chi connectivity index (χ0v) is 8.06. The molecule has 0 aromatic rings. The highest BCUT2D eigenvalue weighted by Crippen LogP contribution is 2.03. The van der Waals surface area contributed by atoms with Gasteiger partial charge in [-0.05, 0) is 19.1 Å². The van der Waals surface area contributed by atoms with E-state index in [4.69, 9.17) is 4.74 Å². The third kappa shape index (κ3) is 7.60. The van der Waals surface area contributed by atoms with Crippen molar-refractivity contribution in [3.8, 4) is 0 Å². The largest absolute Gasteiger partial charge is 0.466 e. The van der Waals surface area contributed by atoms with Crippen LogP contribution in [0.2, 0.25) is 0 Å². The van der Waals surface area contributed by atoms with Crippen LogP contribution in [0.3, 0.4) is 0 Å². The van der Waals surface area contributed by atoms with Gasteiger partial charge in [-0.25, -0.2) is 0 Å². The SMILES string of the molecule is CCOC(=O)CCCSCC=O. The van der Waals surface area contributed by atoms with Gasteiger partial charge in [-0.15, -0.1) is 0 Å². The molecular formula is C8H14O3S. The first kappa shape index (κ1) is 11.5. The molecule has 3 nitrogen and oxygen atoms in total. The Morgan fingerprint density at radius 2 is 2.33 bits per heavy atom. The first-order chi connectivity index (χ1) is 5.81. The second-order valence-electron chi connectivity index (χ2n) is 2.15. The lowest BCUT2D eigenvalue weighted by molar-refractivity contribution is -0.143. The van der Waals surface area contributed by atoms with E-state index >= 15 is 0 Å². The summed E-state index contributed by atoms with van der Waals surface area (Å²) in [7, 11) is 0.